The number of rotatable bonds is 4. The zero-order chi connectivity index (χ0) is 15.6. The lowest BCUT2D eigenvalue weighted by molar-refractivity contribution is 0.127. The Morgan fingerprint density at radius 3 is 2.82 bits per heavy atom. The minimum atomic E-state index is 0.326. The first-order valence-electron chi connectivity index (χ1n) is 8.14. The smallest absolute Gasteiger partial charge is 0.241 e. The van der Waals surface area contributed by atoms with Gasteiger partial charge in [-0.15, -0.1) is 0 Å². The average Bonchev–Trinajstić information content (AvgIpc) is 3.15. The van der Waals surface area contributed by atoms with Crippen molar-refractivity contribution >= 4 is 0 Å². The number of nitrogens with zero attached hydrogens (tertiary/aromatic N) is 2. The molecule has 1 aliphatic rings. The molecule has 0 spiro atoms. The highest BCUT2D eigenvalue weighted by Crippen LogP contribution is 2.38. The summed E-state index contributed by atoms with van der Waals surface area (Å²) in [5.74, 6) is 2.45. The third-order valence-corrected chi connectivity index (χ3v) is 4.60. The molecule has 120 valence electrons. The average molecular weight is 303 g/mol. The van der Waals surface area contributed by atoms with E-state index in [4.69, 9.17) is 8.94 Å². The second-order valence-corrected chi connectivity index (χ2v) is 7.23. The normalized spacial score (nSPS) is 22.9. The molecule has 0 saturated heterocycles. The predicted molar refractivity (Wildman–Crippen MR) is 84.0 cm³/mol. The standard InChI is InChI=1S/C17H25N3O2/c1-17(2,3)12-7-4-5-8-13(12)18-11-15-19-16(20-22-15)14-9-6-10-21-14/h6,9-10,12-13,18H,4-5,7-8,11H2,1-3H3. The number of furan rings is 1. The van der Waals surface area contributed by atoms with Gasteiger partial charge in [-0.25, -0.2) is 0 Å². The quantitative estimate of drug-likeness (QED) is 0.924. The summed E-state index contributed by atoms with van der Waals surface area (Å²) in [7, 11) is 0. The monoisotopic (exact) mass is 303 g/mol. The minimum Gasteiger partial charge on any atom is -0.461 e. The minimum absolute atomic E-state index is 0.326. The summed E-state index contributed by atoms with van der Waals surface area (Å²) in [5.41, 5.74) is 0.326. The fourth-order valence-electron chi connectivity index (χ4n) is 3.46. The van der Waals surface area contributed by atoms with Crippen LogP contribution in [-0.4, -0.2) is 16.2 Å². The Balaban J connectivity index is 1.62. The molecule has 0 bridgehead atoms. The lowest BCUT2D eigenvalue weighted by Gasteiger charge is -2.40. The van der Waals surface area contributed by atoms with Gasteiger partial charge in [0.25, 0.3) is 0 Å². The fraction of sp³-hybridized carbons (Fsp3) is 0.647. The highest BCUT2D eigenvalue weighted by atomic mass is 16.5. The van der Waals surface area contributed by atoms with Gasteiger partial charge < -0.3 is 14.3 Å². The van der Waals surface area contributed by atoms with Crippen LogP contribution < -0.4 is 5.32 Å². The second kappa shape index (κ2) is 6.24. The molecule has 1 fully saturated rings. The molecule has 1 N–H and O–H groups in total. The topological polar surface area (TPSA) is 64.1 Å². The third-order valence-electron chi connectivity index (χ3n) is 4.60. The van der Waals surface area contributed by atoms with Gasteiger partial charge in [0.05, 0.1) is 12.8 Å². The summed E-state index contributed by atoms with van der Waals surface area (Å²) in [6, 6.07) is 4.17. The Bertz CT molecular complexity index is 583. The Hall–Kier alpha value is -1.62. The lowest BCUT2D eigenvalue weighted by Crippen LogP contribution is -2.43. The zero-order valence-electron chi connectivity index (χ0n) is 13.6. The zero-order valence-corrected chi connectivity index (χ0v) is 13.6. The van der Waals surface area contributed by atoms with Crippen LogP contribution in [0.2, 0.25) is 0 Å². The van der Waals surface area contributed by atoms with Gasteiger partial charge in [-0.3, -0.25) is 0 Å². The van der Waals surface area contributed by atoms with Gasteiger partial charge in [-0.05, 0) is 36.3 Å². The third kappa shape index (κ3) is 3.40. The van der Waals surface area contributed by atoms with Crippen molar-refractivity contribution in [1.29, 1.82) is 0 Å². The Morgan fingerprint density at radius 1 is 1.27 bits per heavy atom. The van der Waals surface area contributed by atoms with E-state index in [-0.39, 0.29) is 0 Å². The summed E-state index contributed by atoms with van der Waals surface area (Å²) in [5, 5.41) is 7.60. The van der Waals surface area contributed by atoms with Gasteiger partial charge >= 0.3 is 0 Å². The summed E-state index contributed by atoms with van der Waals surface area (Å²) in [6.07, 6.45) is 6.76. The molecule has 0 radical (unpaired) electrons. The maximum Gasteiger partial charge on any atom is 0.241 e. The van der Waals surface area contributed by atoms with Gasteiger partial charge in [-0.1, -0.05) is 38.8 Å². The number of hydrogen-bond acceptors (Lipinski definition) is 5. The molecule has 2 aromatic heterocycles. The molecule has 2 atom stereocenters. The van der Waals surface area contributed by atoms with Gasteiger partial charge in [-0.2, -0.15) is 4.98 Å². The van der Waals surface area contributed by atoms with Crippen molar-refractivity contribution in [3.8, 4) is 11.6 Å². The van der Waals surface area contributed by atoms with E-state index in [1.165, 1.54) is 25.7 Å². The van der Waals surface area contributed by atoms with Gasteiger partial charge in [0.15, 0.2) is 5.76 Å². The second-order valence-electron chi connectivity index (χ2n) is 7.23. The van der Waals surface area contributed by atoms with Crippen LogP contribution in [0.4, 0.5) is 0 Å². The van der Waals surface area contributed by atoms with E-state index in [1.807, 2.05) is 12.1 Å². The van der Waals surface area contributed by atoms with Gasteiger partial charge in [0.2, 0.25) is 11.7 Å². The van der Waals surface area contributed by atoms with E-state index in [0.717, 1.165) is 0 Å². The molecule has 1 aliphatic carbocycles. The molecule has 0 amide bonds. The van der Waals surface area contributed by atoms with Gasteiger partial charge in [0, 0.05) is 6.04 Å². The fourth-order valence-corrected chi connectivity index (χ4v) is 3.46. The summed E-state index contributed by atoms with van der Waals surface area (Å²) >= 11 is 0. The Morgan fingerprint density at radius 2 is 2.09 bits per heavy atom. The van der Waals surface area contributed by atoms with Crippen LogP contribution in [0.3, 0.4) is 0 Å². The van der Waals surface area contributed by atoms with E-state index in [0.29, 0.717) is 41.4 Å². The van der Waals surface area contributed by atoms with Crippen LogP contribution in [0, 0.1) is 11.3 Å². The molecule has 2 unspecified atom stereocenters. The largest absolute Gasteiger partial charge is 0.461 e. The van der Waals surface area contributed by atoms with Crippen LogP contribution in [-0.2, 0) is 6.54 Å². The van der Waals surface area contributed by atoms with Crippen molar-refractivity contribution in [2.24, 2.45) is 11.3 Å². The highest BCUT2D eigenvalue weighted by Gasteiger charge is 2.33. The van der Waals surface area contributed by atoms with Crippen LogP contribution in [0.1, 0.15) is 52.3 Å². The molecular formula is C17H25N3O2. The van der Waals surface area contributed by atoms with Crippen LogP contribution in [0.25, 0.3) is 11.6 Å². The highest BCUT2D eigenvalue weighted by molar-refractivity contribution is 5.44. The number of aromatic nitrogens is 2. The molecule has 2 aromatic rings. The molecular weight excluding hydrogens is 278 g/mol. The van der Waals surface area contributed by atoms with E-state index >= 15 is 0 Å². The van der Waals surface area contributed by atoms with Crippen molar-refractivity contribution in [3.05, 3.63) is 24.3 Å². The van der Waals surface area contributed by atoms with E-state index in [2.05, 4.69) is 36.2 Å². The number of nitrogens with one attached hydrogen (secondary N) is 1. The van der Waals surface area contributed by atoms with Crippen molar-refractivity contribution in [2.75, 3.05) is 0 Å². The maximum absolute atomic E-state index is 5.32. The van der Waals surface area contributed by atoms with E-state index in [1.54, 1.807) is 6.26 Å². The van der Waals surface area contributed by atoms with Crippen molar-refractivity contribution in [1.82, 2.24) is 15.5 Å². The van der Waals surface area contributed by atoms with Crippen LogP contribution in [0.15, 0.2) is 27.3 Å². The SMILES string of the molecule is CC(C)(C)C1CCCCC1NCc1nc(-c2ccco2)no1. The molecule has 3 rings (SSSR count). The summed E-state index contributed by atoms with van der Waals surface area (Å²) < 4.78 is 10.6. The maximum atomic E-state index is 5.32. The molecule has 0 aromatic carbocycles. The van der Waals surface area contributed by atoms with Crippen molar-refractivity contribution in [2.45, 2.75) is 59.0 Å². The summed E-state index contributed by atoms with van der Waals surface area (Å²) in [6.45, 7) is 7.61. The molecule has 5 heteroatoms. The van der Waals surface area contributed by atoms with Crippen LogP contribution >= 0.6 is 0 Å². The van der Waals surface area contributed by atoms with E-state index in [9.17, 15) is 0 Å². The lowest BCUT2D eigenvalue weighted by atomic mass is 9.69. The molecule has 0 aliphatic heterocycles. The molecule has 1 saturated carbocycles. The van der Waals surface area contributed by atoms with Crippen molar-refractivity contribution in [3.63, 3.8) is 0 Å². The Labute approximate surface area is 131 Å². The molecule has 22 heavy (non-hydrogen) atoms. The van der Waals surface area contributed by atoms with Crippen LogP contribution in [0.5, 0.6) is 0 Å². The van der Waals surface area contributed by atoms with Gasteiger partial charge in [0.1, 0.15) is 0 Å². The van der Waals surface area contributed by atoms with E-state index < -0.39 is 0 Å². The first kappa shape index (κ1) is 15.3. The first-order valence-corrected chi connectivity index (χ1v) is 8.14. The Kier molecular flexibility index (Phi) is 4.34. The molecule has 5 nitrogen and oxygen atoms in total. The summed E-state index contributed by atoms with van der Waals surface area (Å²) in [4.78, 5) is 4.39. The van der Waals surface area contributed by atoms with Crippen molar-refractivity contribution < 1.29 is 8.94 Å². The molecule has 2 heterocycles. The predicted octanol–water partition coefficient (Wildman–Crippen LogP) is 4.02. The number of hydrogen-bond donors (Lipinski definition) is 1. The first-order chi connectivity index (χ1) is 10.5.